The molecule has 0 saturated heterocycles. The number of hydrogen-bond donors (Lipinski definition) is 1. The summed E-state index contributed by atoms with van der Waals surface area (Å²) in [7, 11) is 0. The zero-order chi connectivity index (χ0) is 23.0. The molecule has 31 heavy (non-hydrogen) atoms. The van der Waals surface area contributed by atoms with E-state index >= 15 is 0 Å². The van der Waals surface area contributed by atoms with E-state index in [9.17, 15) is 14.0 Å². The van der Waals surface area contributed by atoms with Crippen LogP contribution in [0.2, 0.25) is 0 Å². The Morgan fingerprint density at radius 1 is 0.903 bits per heavy atom. The quantitative estimate of drug-likeness (QED) is 0.577. The Morgan fingerprint density at radius 3 is 2.03 bits per heavy atom. The van der Waals surface area contributed by atoms with E-state index in [0.29, 0.717) is 31.2 Å². The molecule has 0 aliphatic heterocycles. The summed E-state index contributed by atoms with van der Waals surface area (Å²) in [5.74, 6) is 0.197. The van der Waals surface area contributed by atoms with Crippen LogP contribution in [0.3, 0.4) is 0 Å². The Hall–Kier alpha value is -2.69. The monoisotopic (exact) mass is 426 g/mol. The molecule has 0 aliphatic carbocycles. The summed E-state index contributed by atoms with van der Waals surface area (Å²) in [5.41, 5.74) is 3.15. The van der Waals surface area contributed by atoms with Gasteiger partial charge in [0, 0.05) is 19.5 Å². The molecule has 4 nitrogen and oxygen atoms in total. The third-order valence-electron chi connectivity index (χ3n) is 5.39. The number of hydrogen-bond acceptors (Lipinski definition) is 2. The molecule has 0 saturated carbocycles. The van der Waals surface area contributed by atoms with Gasteiger partial charge in [-0.2, -0.15) is 0 Å². The second-order valence-corrected chi connectivity index (χ2v) is 8.86. The van der Waals surface area contributed by atoms with Crippen molar-refractivity contribution in [3.8, 4) is 0 Å². The van der Waals surface area contributed by atoms with Crippen molar-refractivity contribution in [1.29, 1.82) is 0 Å². The molecule has 2 amide bonds. The number of amides is 2. The molecule has 0 spiro atoms. The number of rotatable bonds is 10. The van der Waals surface area contributed by atoms with Crippen molar-refractivity contribution in [3.63, 3.8) is 0 Å². The molecule has 0 heterocycles. The Morgan fingerprint density at radius 2 is 1.48 bits per heavy atom. The lowest BCUT2D eigenvalue weighted by Crippen LogP contribution is -2.48. The van der Waals surface area contributed by atoms with Crippen molar-refractivity contribution >= 4 is 11.8 Å². The van der Waals surface area contributed by atoms with E-state index in [1.807, 2.05) is 13.8 Å². The maximum atomic E-state index is 13.3. The molecule has 2 aromatic carbocycles. The fraction of sp³-hybridized carbons (Fsp3) is 0.462. The smallest absolute Gasteiger partial charge is 0.242 e. The van der Waals surface area contributed by atoms with Gasteiger partial charge in [0.15, 0.2) is 0 Å². The van der Waals surface area contributed by atoms with Crippen molar-refractivity contribution in [2.24, 2.45) is 5.92 Å². The molecule has 5 heteroatoms. The van der Waals surface area contributed by atoms with E-state index in [0.717, 1.165) is 11.1 Å². The molecular weight excluding hydrogens is 391 g/mol. The zero-order valence-corrected chi connectivity index (χ0v) is 19.3. The number of nitrogens with one attached hydrogen (secondary N) is 1. The van der Waals surface area contributed by atoms with E-state index in [2.05, 4.69) is 43.4 Å². The molecule has 1 unspecified atom stereocenters. The number of nitrogens with zero attached hydrogens (tertiary/aromatic N) is 1. The predicted molar refractivity (Wildman–Crippen MR) is 123 cm³/mol. The second kappa shape index (κ2) is 11.6. The van der Waals surface area contributed by atoms with Gasteiger partial charge in [-0.1, -0.05) is 64.1 Å². The first-order chi connectivity index (χ1) is 14.7. The fourth-order valence-corrected chi connectivity index (χ4v) is 3.29. The van der Waals surface area contributed by atoms with Crippen LogP contribution in [-0.4, -0.2) is 29.3 Å². The van der Waals surface area contributed by atoms with Gasteiger partial charge in [0.05, 0.1) is 0 Å². The first-order valence-corrected chi connectivity index (χ1v) is 11.1. The number of halogens is 1. The first kappa shape index (κ1) is 24.6. The summed E-state index contributed by atoms with van der Waals surface area (Å²) in [5, 5.41) is 2.91. The van der Waals surface area contributed by atoms with Gasteiger partial charge in [-0.05, 0) is 54.0 Å². The second-order valence-electron chi connectivity index (χ2n) is 8.86. The fourth-order valence-electron chi connectivity index (χ4n) is 3.29. The van der Waals surface area contributed by atoms with Crippen LogP contribution in [0.25, 0.3) is 0 Å². The van der Waals surface area contributed by atoms with E-state index < -0.39 is 6.04 Å². The average Bonchev–Trinajstić information content (AvgIpc) is 2.75. The molecule has 0 fully saturated rings. The van der Waals surface area contributed by atoms with Gasteiger partial charge in [0.1, 0.15) is 11.9 Å². The standard InChI is InChI=1S/C26H35FN2O2/c1-18(2)16-28-26(31)20(5)29(17-22-8-13-24(27)14-9-22)25(30)15-10-21-6-11-23(12-7-21)19(3)4/h6-9,11-14,18-20H,10,15-17H2,1-5H3,(H,28,31). The minimum Gasteiger partial charge on any atom is -0.354 e. The van der Waals surface area contributed by atoms with Crippen LogP contribution in [0, 0.1) is 11.7 Å². The first-order valence-electron chi connectivity index (χ1n) is 11.1. The predicted octanol–water partition coefficient (Wildman–Crippen LogP) is 5.07. The van der Waals surface area contributed by atoms with Crippen LogP contribution in [0.1, 0.15) is 63.6 Å². The van der Waals surface area contributed by atoms with Gasteiger partial charge in [-0.25, -0.2) is 4.39 Å². The van der Waals surface area contributed by atoms with Crippen molar-refractivity contribution < 1.29 is 14.0 Å². The van der Waals surface area contributed by atoms with E-state index in [1.54, 1.807) is 24.0 Å². The Labute approximate surface area is 185 Å². The highest BCUT2D eigenvalue weighted by Crippen LogP contribution is 2.17. The molecule has 1 N–H and O–H groups in total. The molecule has 2 rings (SSSR count). The number of carbonyl (C=O) groups is 2. The SMILES string of the molecule is CC(C)CNC(=O)C(C)N(Cc1ccc(F)cc1)C(=O)CCc1ccc(C(C)C)cc1. The summed E-state index contributed by atoms with van der Waals surface area (Å²) < 4.78 is 13.3. The van der Waals surface area contributed by atoms with Gasteiger partial charge < -0.3 is 10.2 Å². The number of benzene rings is 2. The van der Waals surface area contributed by atoms with Crippen LogP contribution in [0.15, 0.2) is 48.5 Å². The summed E-state index contributed by atoms with van der Waals surface area (Å²) in [6.45, 7) is 10.9. The van der Waals surface area contributed by atoms with E-state index in [1.165, 1.54) is 17.7 Å². The van der Waals surface area contributed by atoms with Crippen LogP contribution in [0.4, 0.5) is 4.39 Å². The highest BCUT2D eigenvalue weighted by molar-refractivity contribution is 5.87. The van der Waals surface area contributed by atoms with Gasteiger partial charge in [0.2, 0.25) is 11.8 Å². The topological polar surface area (TPSA) is 49.4 Å². The molecule has 0 radical (unpaired) electrons. The van der Waals surface area contributed by atoms with Crippen molar-refractivity contribution in [3.05, 3.63) is 71.0 Å². The van der Waals surface area contributed by atoms with Crippen LogP contribution in [0.5, 0.6) is 0 Å². The van der Waals surface area contributed by atoms with Crippen molar-refractivity contribution in [1.82, 2.24) is 10.2 Å². The van der Waals surface area contributed by atoms with Crippen LogP contribution >= 0.6 is 0 Å². The Balaban J connectivity index is 2.10. The highest BCUT2D eigenvalue weighted by atomic mass is 19.1. The minimum absolute atomic E-state index is 0.0931. The minimum atomic E-state index is -0.611. The van der Waals surface area contributed by atoms with Gasteiger partial charge in [-0.15, -0.1) is 0 Å². The Bertz CT molecular complexity index is 845. The molecule has 0 aliphatic rings. The molecule has 0 bridgehead atoms. The summed E-state index contributed by atoms with van der Waals surface area (Å²) in [4.78, 5) is 27.4. The molecule has 168 valence electrons. The molecule has 0 aromatic heterocycles. The third-order valence-corrected chi connectivity index (χ3v) is 5.39. The summed E-state index contributed by atoms with van der Waals surface area (Å²) in [6, 6.07) is 13.8. The van der Waals surface area contributed by atoms with Crippen molar-refractivity contribution in [2.45, 2.75) is 66.0 Å². The Kier molecular flexibility index (Phi) is 9.22. The normalized spacial score (nSPS) is 12.1. The largest absolute Gasteiger partial charge is 0.354 e. The van der Waals surface area contributed by atoms with E-state index in [-0.39, 0.29) is 24.2 Å². The number of aryl methyl sites for hydroxylation is 1. The van der Waals surface area contributed by atoms with E-state index in [4.69, 9.17) is 0 Å². The van der Waals surface area contributed by atoms with Crippen molar-refractivity contribution in [2.75, 3.05) is 6.54 Å². The maximum absolute atomic E-state index is 13.3. The lowest BCUT2D eigenvalue weighted by molar-refractivity contribution is -0.140. The van der Waals surface area contributed by atoms with Crippen LogP contribution < -0.4 is 5.32 Å². The highest BCUT2D eigenvalue weighted by Gasteiger charge is 2.26. The van der Waals surface area contributed by atoms with Gasteiger partial charge in [-0.3, -0.25) is 9.59 Å². The third kappa shape index (κ3) is 7.82. The summed E-state index contributed by atoms with van der Waals surface area (Å²) in [6.07, 6.45) is 0.918. The van der Waals surface area contributed by atoms with Gasteiger partial charge >= 0.3 is 0 Å². The average molecular weight is 427 g/mol. The van der Waals surface area contributed by atoms with Gasteiger partial charge in [0.25, 0.3) is 0 Å². The molecule has 1 atom stereocenters. The molecule has 2 aromatic rings. The number of carbonyl (C=O) groups excluding carboxylic acids is 2. The maximum Gasteiger partial charge on any atom is 0.242 e. The lowest BCUT2D eigenvalue weighted by Gasteiger charge is -2.29. The molecular formula is C26H35FN2O2. The van der Waals surface area contributed by atoms with Crippen LogP contribution in [-0.2, 0) is 22.6 Å². The lowest BCUT2D eigenvalue weighted by atomic mass is 10.00. The zero-order valence-electron chi connectivity index (χ0n) is 19.3. The summed E-state index contributed by atoms with van der Waals surface area (Å²) >= 11 is 0.